The number of aromatic nitrogens is 3. The Morgan fingerprint density at radius 1 is 1.17 bits per heavy atom. The molecule has 0 aliphatic rings. The van der Waals surface area contributed by atoms with Crippen molar-refractivity contribution in [2.24, 2.45) is 0 Å². The van der Waals surface area contributed by atoms with Gasteiger partial charge in [0.15, 0.2) is 10.9 Å². The fourth-order valence-electron chi connectivity index (χ4n) is 3.33. The zero-order valence-electron chi connectivity index (χ0n) is 20.2. The van der Waals surface area contributed by atoms with Gasteiger partial charge in [0.1, 0.15) is 31.3 Å². The molecule has 0 saturated heterocycles. The first-order valence-electron chi connectivity index (χ1n) is 10.9. The van der Waals surface area contributed by atoms with E-state index >= 15 is 4.39 Å². The van der Waals surface area contributed by atoms with Gasteiger partial charge in [0.05, 0.1) is 10.2 Å². The van der Waals surface area contributed by atoms with Crippen LogP contribution < -0.4 is 5.32 Å². The first kappa shape index (κ1) is 24.7. The second kappa shape index (κ2) is 8.98. The molecule has 0 radical (unpaired) electrons. The molecule has 180 valence electrons. The van der Waals surface area contributed by atoms with Crippen LogP contribution in [0.4, 0.5) is 18.7 Å². The van der Waals surface area contributed by atoms with Crippen molar-refractivity contribution in [2.75, 3.05) is 5.32 Å². The standard InChI is InChI=1S/C25H24F2N4O2SSi/c1-25(2,3)33-24(32)31-23-30-21-16(7-8-17(26)22(21)34-23)18-14(9-10-35(4,5)6)11-15-12-28-13-29-20(15)19(18)27/h7-8,11-13H,1-6H3,(H,30,31,32). The third-order valence-corrected chi connectivity index (χ3v) is 6.54. The molecule has 0 bridgehead atoms. The fourth-order valence-corrected chi connectivity index (χ4v) is 4.72. The van der Waals surface area contributed by atoms with Gasteiger partial charge in [-0.25, -0.2) is 28.5 Å². The molecule has 4 aromatic rings. The number of anilines is 1. The number of benzene rings is 2. The number of hydrogen-bond acceptors (Lipinski definition) is 6. The van der Waals surface area contributed by atoms with Crippen LogP contribution >= 0.6 is 11.3 Å². The molecule has 6 nitrogen and oxygen atoms in total. The molecule has 1 N–H and O–H groups in total. The summed E-state index contributed by atoms with van der Waals surface area (Å²) < 4.78 is 36.1. The van der Waals surface area contributed by atoms with Crippen LogP contribution in [0.15, 0.2) is 30.7 Å². The topological polar surface area (TPSA) is 77.0 Å². The molecule has 2 aromatic carbocycles. The van der Waals surface area contributed by atoms with Gasteiger partial charge in [0.2, 0.25) is 0 Å². The van der Waals surface area contributed by atoms with E-state index in [-0.39, 0.29) is 26.4 Å². The molecule has 0 aliphatic carbocycles. The Kier molecular flexibility index (Phi) is 6.34. The van der Waals surface area contributed by atoms with E-state index < -0.39 is 31.4 Å². The normalized spacial score (nSPS) is 11.9. The highest BCUT2D eigenvalue weighted by atomic mass is 32.1. The number of carbonyl (C=O) groups excluding carboxylic acids is 1. The first-order chi connectivity index (χ1) is 16.3. The summed E-state index contributed by atoms with van der Waals surface area (Å²) in [4.78, 5) is 24.7. The van der Waals surface area contributed by atoms with Crippen LogP contribution in [0.5, 0.6) is 0 Å². The Hall–Kier alpha value is -3.42. The van der Waals surface area contributed by atoms with Gasteiger partial charge in [-0.15, -0.1) is 5.54 Å². The average Bonchev–Trinajstić information content (AvgIpc) is 3.16. The lowest BCUT2D eigenvalue weighted by molar-refractivity contribution is 0.0636. The van der Waals surface area contributed by atoms with Crippen LogP contribution in [0.2, 0.25) is 19.6 Å². The van der Waals surface area contributed by atoms with Crippen molar-refractivity contribution in [3.8, 4) is 22.6 Å². The maximum atomic E-state index is 15.9. The van der Waals surface area contributed by atoms with Crippen molar-refractivity contribution in [1.29, 1.82) is 0 Å². The molecule has 35 heavy (non-hydrogen) atoms. The van der Waals surface area contributed by atoms with Crippen LogP contribution in [-0.4, -0.2) is 34.7 Å². The molecular formula is C25H24F2N4O2SSi. The summed E-state index contributed by atoms with van der Waals surface area (Å²) in [5.41, 5.74) is 3.88. The highest BCUT2D eigenvalue weighted by molar-refractivity contribution is 7.22. The number of nitrogens with zero attached hydrogens (tertiary/aromatic N) is 3. The monoisotopic (exact) mass is 510 g/mol. The first-order valence-corrected chi connectivity index (χ1v) is 15.2. The molecule has 0 saturated carbocycles. The molecular weight excluding hydrogens is 486 g/mol. The Morgan fingerprint density at radius 3 is 2.60 bits per heavy atom. The van der Waals surface area contributed by atoms with Crippen molar-refractivity contribution in [2.45, 2.75) is 46.0 Å². The van der Waals surface area contributed by atoms with E-state index in [4.69, 9.17) is 4.74 Å². The van der Waals surface area contributed by atoms with Gasteiger partial charge in [0, 0.05) is 28.3 Å². The molecule has 0 atom stereocenters. The van der Waals surface area contributed by atoms with Crippen LogP contribution in [0, 0.1) is 23.1 Å². The van der Waals surface area contributed by atoms with Crippen molar-refractivity contribution in [1.82, 2.24) is 15.0 Å². The summed E-state index contributed by atoms with van der Waals surface area (Å²) in [6.45, 7) is 11.5. The fraction of sp³-hybridized carbons (Fsp3) is 0.280. The second-order valence-corrected chi connectivity index (χ2v) is 15.7. The largest absolute Gasteiger partial charge is 0.444 e. The molecule has 4 rings (SSSR count). The van der Waals surface area contributed by atoms with E-state index in [9.17, 15) is 9.18 Å². The van der Waals surface area contributed by atoms with Crippen molar-refractivity contribution in [3.05, 3.63) is 47.9 Å². The molecule has 1 amide bonds. The van der Waals surface area contributed by atoms with E-state index in [0.29, 0.717) is 16.5 Å². The zero-order chi connectivity index (χ0) is 25.5. The number of hydrogen-bond donors (Lipinski definition) is 1. The maximum absolute atomic E-state index is 15.9. The van der Waals surface area contributed by atoms with Gasteiger partial charge in [0.25, 0.3) is 0 Å². The smallest absolute Gasteiger partial charge is 0.413 e. The van der Waals surface area contributed by atoms with Gasteiger partial charge in [-0.05, 0) is 39.0 Å². The predicted octanol–water partition coefficient (Wildman–Crippen LogP) is 6.76. The van der Waals surface area contributed by atoms with E-state index in [1.807, 2.05) is 0 Å². The number of amides is 1. The molecule has 0 fully saturated rings. The summed E-state index contributed by atoms with van der Waals surface area (Å²) in [5.74, 6) is 2.02. The van der Waals surface area contributed by atoms with Gasteiger partial charge in [-0.3, -0.25) is 5.32 Å². The summed E-state index contributed by atoms with van der Waals surface area (Å²) in [5, 5.41) is 3.19. The quantitative estimate of drug-likeness (QED) is 0.238. The lowest BCUT2D eigenvalue weighted by Crippen LogP contribution is -2.27. The molecule has 0 aliphatic heterocycles. The minimum absolute atomic E-state index is 0.133. The number of halogens is 2. The van der Waals surface area contributed by atoms with Crippen molar-refractivity contribution >= 4 is 51.8 Å². The number of ether oxygens (including phenoxy) is 1. The lowest BCUT2D eigenvalue weighted by Gasteiger charge is -2.18. The van der Waals surface area contributed by atoms with Crippen molar-refractivity contribution in [3.63, 3.8) is 0 Å². The number of carbonyl (C=O) groups is 1. The van der Waals surface area contributed by atoms with E-state index in [1.165, 1.54) is 24.7 Å². The SMILES string of the molecule is CC(C)(C)OC(=O)Nc1nc2c(-c3c(C#C[Si](C)(C)C)cc4cncnc4c3F)ccc(F)c2s1. The van der Waals surface area contributed by atoms with Crippen LogP contribution in [-0.2, 0) is 4.74 Å². The molecule has 10 heteroatoms. The van der Waals surface area contributed by atoms with E-state index in [2.05, 4.69) is 51.4 Å². The summed E-state index contributed by atoms with van der Waals surface area (Å²) in [6.07, 6.45) is 2.09. The van der Waals surface area contributed by atoms with Gasteiger partial charge < -0.3 is 4.74 Å². The minimum atomic E-state index is -1.80. The predicted molar refractivity (Wildman–Crippen MR) is 138 cm³/mol. The molecule has 2 heterocycles. The third-order valence-electron chi connectivity index (χ3n) is 4.68. The number of thiazole rings is 1. The van der Waals surface area contributed by atoms with Crippen LogP contribution in [0.1, 0.15) is 26.3 Å². The second-order valence-electron chi connectivity index (χ2n) is 9.99. The number of nitrogens with one attached hydrogen (secondary N) is 1. The van der Waals surface area contributed by atoms with Gasteiger partial charge in [-0.1, -0.05) is 36.9 Å². The summed E-state index contributed by atoms with van der Waals surface area (Å²) >= 11 is 0.945. The maximum Gasteiger partial charge on any atom is 0.413 e. The number of rotatable bonds is 2. The molecule has 2 aromatic heterocycles. The Bertz CT molecular complexity index is 1530. The van der Waals surface area contributed by atoms with Gasteiger partial charge in [-0.2, -0.15) is 0 Å². The van der Waals surface area contributed by atoms with Crippen LogP contribution in [0.3, 0.4) is 0 Å². The lowest BCUT2D eigenvalue weighted by atomic mass is 9.96. The highest BCUT2D eigenvalue weighted by Gasteiger charge is 2.23. The molecule has 0 unspecified atom stereocenters. The Balaban J connectivity index is 1.93. The van der Waals surface area contributed by atoms with Crippen molar-refractivity contribution < 1.29 is 18.3 Å². The van der Waals surface area contributed by atoms with Gasteiger partial charge >= 0.3 is 6.09 Å². The Morgan fingerprint density at radius 2 is 1.91 bits per heavy atom. The molecule has 0 spiro atoms. The number of fused-ring (bicyclic) bond motifs is 2. The Labute approximate surface area is 206 Å². The average molecular weight is 511 g/mol. The third kappa shape index (κ3) is 5.47. The zero-order valence-corrected chi connectivity index (χ0v) is 22.0. The minimum Gasteiger partial charge on any atom is -0.444 e. The van der Waals surface area contributed by atoms with Crippen LogP contribution in [0.25, 0.3) is 32.2 Å². The highest BCUT2D eigenvalue weighted by Crippen LogP contribution is 2.39. The van der Waals surface area contributed by atoms with E-state index in [0.717, 1.165) is 11.3 Å². The summed E-state index contributed by atoms with van der Waals surface area (Å²) in [6, 6.07) is 4.47. The summed E-state index contributed by atoms with van der Waals surface area (Å²) in [7, 11) is -1.80. The van der Waals surface area contributed by atoms with E-state index in [1.54, 1.807) is 26.8 Å².